The molecular formula is C15H19NO. The van der Waals surface area contributed by atoms with Gasteiger partial charge >= 0.3 is 0 Å². The van der Waals surface area contributed by atoms with Crippen LogP contribution in [0.2, 0.25) is 0 Å². The molecule has 0 spiro atoms. The Balaban J connectivity index is 1.59. The van der Waals surface area contributed by atoms with Crippen LogP contribution in [0.3, 0.4) is 0 Å². The van der Waals surface area contributed by atoms with Crippen molar-refractivity contribution < 1.29 is 4.79 Å². The molecule has 2 fully saturated rings. The fourth-order valence-electron chi connectivity index (χ4n) is 3.03. The van der Waals surface area contributed by atoms with E-state index in [0.717, 1.165) is 30.1 Å². The van der Waals surface area contributed by atoms with Crippen molar-refractivity contribution in [1.29, 1.82) is 0 Å². The second kappa shape index (κ2) is 4.26. The number of aldehydes is 1. The van der Waals surface area contributed by atoms with E-state index < -0.39 is 0 Å². The van der Waals surface area contributed by atoms with Gasteiger partial charge in [0, 0.05) is 25.2 Å². The average molecular weight is 229 g/mol. The average Bonchev–Trinajstić information content (AvgIpc) is 2.95. The first-order valence-electron chi connectivity index (χ1n) is 6.53. The molecule has 1 aromatic carbocycles. The molecule has 3 rings (SSSR count). The fraction of sp³-hybridized carbons (Fsp3) is 0.533. The quantitative estimate of drug-likeness (QED) is 0.738. The molecule has 1 aromatic rings. The third kappa shape index (κ3) is 2.27. The number of carbonyl (C=O) groups excluding carboxylic acids is 1. The minimum absolute atomic E-state index is 0.786. The van der Waals surface area contributed by atoms with E-state index in [1.165, 1.54) is 37.2 Å². The van der Waals surface area contributed by atoms with E-state index in [4.69, 9.17) is 0 Å². The lowest BCUT2D eigenvalue weighted by molar-refractivity contribution is 0.112. The van der Waals surface area contributed by atoms with Crippen LogP contribution in [-0.4, -0.2) is 30.8 Å². The Morgan fingerprint density at radius 1 is 1.35 bits per heavy atom. The lowest BCUT2D eigenvalue weighted by Crippen LogP contribution is -2.25. The molecule has 17 heavy (non-hydrogen) atoms. The van der Waals surface area contributed by atoms with Crippen molar-refractivity contribution >= 4 is 6.29 Å². The zero-order valence-electron chi connectivity index (χ0n) is 10.4. The summed E-state index contributed by atoms with van der Waals surface area (Å²) in [5.41, 5.74) is 3.42. The van der Waals surface area contributed by atoms with E-state index in [1.807, 2.05) is 12.1 Å². The Labute approximate surface area is 103 Å². The number of hydrogen-bond acceptors (Lipinski definition) is 2. The molecule has 90 valence electrons. The summed E-state index contributed by atoms with van der Waals surface area (Å²) in [6, 6.07) is 6.02. The smallest absolute Gasteiger partial charge is 0.150 e. The first-order valence-corrected chi connectivity index (χ1v) is 6.53. The minimum atomic E-state index is 0.786. The summed E-state index contributed by atoms with van der Waals surface area (Å²) in [5.74, 6) is 2.04. The van der Waals surface area contributed by atoms with Crippen molar-refractivity contribution in [1.82, 2.24) is 4.90 Å². The molecule has 0 aromatic heterocycles. The van der Waals surface area contributed by atoms with E-state index in [9.17, 15) is 4.79 Å². The van der Waals surface area contributed by atoms with Crippen LogP contribution in [0.1, 0.15) is 27.9 Å². The van der Waals surface area contributed by atoms with E-state index in [0.29, 0.717) is 0 Å². The van der Waals surface area contributed by atoms with Gasteiger partial charge in [0.25, 0.3) is 0 Å². The SMILES string of the molecule is Cc1cc(C=O)ccc1CCN1CC2CC2C1. The lowest BCUT2D eigenvalue weighted by atomic mass is 10.0. The molecule has 2 nitrogen and oxygen atoms in total. The third-order valence-corrected chi connectivity index (χ3v) is 4.25. The van der Waals surface area contributed by atoms with Gasteiger partial charge in [0.05, 0.1) is 0 Å². The van der Waals surface area contributed by atoms with Gasteiger partial charge < -0.3 is 4.90 Å². The zero-order valence-corrected chi connectivity index (χ0v) is 10.4. The van der Waals surface area contributed by atoms with Crippen molar-refractivity contribution in [2.45, 2.75) is 19.8 Å². The van der Waals surface area contributed by atoms with Gasteiger partial charge in [0.2, 0.25) is 0 Å². The number of hydrogen-bond donors (Lipinski definition) is 0. The summed E-state index contributed by atoms with van der Waals surface area (Å²) in [6.07, 6.45) is 3.51. The molecule has 1 saturated heterocycles. The predicted molar refractivity (Wildman–Crippen MR) is 68.3 cm³/mol. The summed E-state index contributed by atoms with van der Waals surface area (Å²) in [7, 11) is 0. The molecule has 1 heterocycles. The van der Waals surface area contributed by atoms with Gasteiger partial charge in [-0.2, -0.15) is 0 Å². The molecule has 2 unspecified atom stereocenters. The first kappa shape index (κ1) is 11.0. The van der Waals surface area contributed by atoms with Crippen LogP contribution in [0.15, 0.2) is 18.2 Å². The summed E-state index contributed by atoms with van der Waals surface area (Å²) >= 11 is 0. The monoisotopic (exact) mass is 229 g/mol. The molecule has 1 saturated carbocycles. The number of fused-ring (bicyclic) bond motifs is 1. The van der Waals surface area contributed by atoms with Crippen molar-refractivity contribution in [3.05, 3.63) is 34.9 Å². The van der Waals surface area contributed by atoms with E-state index in [2.05, 4.69) is 17.9 Å². The van der Waals surface area contributed by atoms with Gasteiger partial charge in [-0.3, -0.25) is 4.79 Å². The Morgan fingerprint density at radius 2 is 2.12 bits per heavy atom. The highest BCUT2D eigenvalue weighted by atomic mass is 16.1. The molecule has 2 aliphatic rings. The second-order valence-electron chi connectivity index (χ2n) is 5.57. The molecule has 0 amide bonds. The van der Waals surface area contributed by atoms with Crippen LogP contribution >= 0.6 is 0 Å². The zero-order chi connectivity index (χ0) is 11.8. The maximum atomic E-state index is 10.7. The van der Waals surface area contributed by atoms with Crippen LogP contribution in [0.25, 0.3) is 0 Å². The Morgan fingerprint density at radius 3 is 2.76 bits per heavy atom. The van der Waals surface area contributed by atoms with Crippen molar-refractivity contribution in [3.8, 4) is 0 Å². The molecule has 1 aliphatic carbocycles. The van der Waals surface area contributed by atoms with Crippen LogP contribution in [0, 0.1) is 18.8 Å². The Hall–Kier alpha value is -1.15. The van der Waals surface area contributed by atoms with Gasteiger partial charge in [-0.25, -0.2) is 0 Å². The number of rotatable bonds is 4. The van der Waals surface area contributed by atoms with Crippen molar-refractivity contribution in [2.75, 3.05) is 19.6 Å². The Kier molecular flexibility index (Phi) is 2.75. The maximum Gasteiger partial charge on any atom is 0.150 e. The predicted octanol–water partition coefficient (Wildman–Crippen LogP) is 2.30. The fourth-order valence-corrected chi connectivity index (χ4v) is 3.03. The largest absolute Gasteiger partial charge is 0.302 e. The number of piperidine rings is 1. The van der Waals surface area contributed by atoms with E-state index in [1.54, 1.807) is 0 Å². The van der Waals surface area contributed by atoms with Gasteiger partial charge in [-0.15, -0.1) is 0 Å². The van der Waals surface area contributed by atoms with Crippen LogP contribution < -0.4 is 0 Å². The molecule has 0 radical (unpaired) electrons. The number of aryl methyl sites for hydroxylation is 1. The first-order chi connectivity index (χ1) is 8.26. The summed E-state index contributed by atoms with van der Waals surface area (Å²) < 4.78 is 0. The highest BCUT2D eigenvalue weighted by Crippen LogP contribution is 2.44. The number of benzene rings is 1. The molecule has 1 aliphatic heterocycles. The third-order valence-electron chi connectivity index (χ3n) is 4.25. The maximum absolute atomic E-state index is 10.7. The normalized spacial score (nSPS) is 26.9. The van der Waals surface area contributed by atoms with Crippen molar-refractivity contribution in [3.63, 3.8) is 0 Å². The van der Waals surface area contributed by atoms with E-state index >= 15 is 0 Å². The van der Waals surface area contributed by atoms with Gasteiger partial charge in [-0.1, -0.05) is 12.1 Å². The highest BCUT2D eigenvalue weighted by Gasteiger charge is 2.44. The van der Waals surface area contributed by atoms with Crippen molar-refractivity contribution in [2.24, 2.45) is 11.8 Å². The standard InChI is InChI=1S/C15H19NO/c1-11-6-12(10-17)2-3-13(11)4-5-16-8-14-7-15(14)9-16/h2-3,6,10,14-15H,4-5,7-9H2,1H3. The van der Waals surface area contributed by atoms with Gasteiger partial charge in [-0.05, 0) is 48.8 Å². The van der Waals surface area contributed by atoms with Crippen LogP contribution in [0.5, 0.6) is 0 Å². The lowest BCUT2D eigenvalue weighted by Gasteiger charge is -2.17. The number of carbonyl (C=O) groups is 1. The minimum Gasteiger partial charge on any atom is -0.302 e. The molecule has 2 atom stereocenters. The van der Waals surface area contributed by atoms with Crippen LogP contribution in [0.4, 0.5) is 0 Å². The van der Waals surface area contributed by atoms with E-state index in [-0.39, 0.29) is 0 Å². The Bertz CT molecular complexity index is 431. The van der Waals surface area contributed by atoms with Gasteiger partial charge in [0.1, 0.15) is 6.29 Å². The topological polar surface area (TPSA) is 20.3 Å². The van der Waals surface area contributed by atoms with Crippen LogP contribution in [-0.2, 0) is 6.42 Å². The number of nitrogens with zero attached hydrogens (tertiary/aromatic N) is 1. The van der Waals surface area contributed by atoms with Gasteiger partial charge in [0.15, 0.2) is 0 Å². The summed E-state index contributed by atoms with van der Waals surface area (Å²) in [4.78, 5) is 13.3. The summed E-state index contributed by atoms with van der Waals surface area (Å²) in [6.45, 7) is 5.91. The highest BCUT2D eigenvalue weighted by molar-refractivity contribution is 5.75. The number of likely N-dealkylation sites (tertiary alicyclic amines) is 1. The molecule has 2 heteroatoms. The second-order valence-corrected chi connectivity index (χ2v) is 5.57. The summed E-state index contributed by atoms with van der Waals surface area (Å²) in [5, 5.41) is 0. The molecule has 0 bridgehead atoms. The molecule has 0 N–H and O–H groups in total. The molecular weight excluding hydrogens is 210 g/mol.